The van der Waals surface area contributed by atoms with Gasteiger partial charge in [-0.15, -0.1) is 0 Å². The number of hydrogen-bond acceptors (Lipinski definition) is 8. The first-order valence-electron chi connectivity index (χ1n) is 14.7. The predicted octanol–water partition coefficient (Wildman–Crippen LogP) is 2.09. The number of nitrogens with zero attached hydrogens (tertiary/aromatic N) is 4. The molecule has 4 heterocycles. The molecule has 5 rings (SSSR count). The fourth-order valence-corrected chi connectivity index (χ4v) is 6.39. The van der Waals surface area contributed by atoms with Crippen molar-refractivity contribution in [1.82, 2.24) is 9.80 Å². The van der Waals surface area contributed by atoms with Crippen LogP contribution in [0.25, 0.3) is 0 Å². The molecule has 1 N–H and O–H groups in total. The number of carbonyl (C=O) groups excluding carboxylic acids is 3. The number of rotatable bonds is 12. The zero-order valence-electron chi connectivity index (χ0n) is 24.9. The summed E-state index contributed by atoms with van der Waals surface area (Å²) in [5, 5.41) is 10.6. The van der Waals surface area contributed by atoms with E-state index in [9.17, 15) is 24.3 Å². The molecular formula is C31H39N4O8+. The van der Waals surface area contributed by atoms with Crippen molar-refractivity contribution in [1.29, 1.82) is 0 Å². The average Bonchev–Trinajstić information content (AvgIpc) is 3.69. The van der Waals surface area contributed by atoms with Crippen LogP contribution in [0, 0.1) is 5.92 Å². The number of pyridine rings is 1. The largest absolute Gasteiger partial charge is 0.493 e. The summed E-state index contributed by atoms with van der Waals surface area (Å²) in [4.78, 5) is 56.5. The lowest BCUT2D eigenvalue weighted by Crippen LogP contribution is -2.46. The molecule has 0 unspecified atom stereocenters. The van der Waals surface area contributed by atoms with Gasteiger partial charge in [0.25, 0.3) is 0 Å². The van der Waals surface area contributed by atoms with Gasteiger partial charge in [-0.3, -0.25) is 29.0 Å². The number of methoxy groups -OCH3 is 1. The lowest BCUT2D eigenvalue weighted by molar-refractivity contribution is -0.670. The van der Waals surface area contributed by atoms with Gasteiger partial charge in [0.05, 0.1) is 19.6 Å². The Kier molecular flexibility index (Phi) is 9.14. The van der Waals surface area contributed by atoms with Gasteiger partial charge in [-0.1, -0.05) is 13.3 Å². The molecule has 12 heteroatoms. The second kappa shape index (κ2) is 13.0. The zero-order valence-corrected chi connectivity index (χ0v) is 24.9. The molecule has 1 aromatic carbocycles. The van der Waals surface area contributed by atoms with Crippen molar-refractivity contribution in [2.24, 2.45) is 13.0 Å². The number of benzene rings is 1. The van der Waals surface area contributed by atoms with E-state index in [2.05, 4.69) is 6.92 Å². The average molecular weight is 596 g/mol. The third-order valence-corrected chi connectivity index (χ3v) is 8.56. The second-order valence-corrected chi connectivity index (χ2v) is 11.3. The number of aromatic nitrogens is 1. The summed E-state index contributed by atoms with van der Waals surface area (Å²) in [6.07, 6.45) is 6.05. The number of ether oxygens (including phenoxy) is 3. The maximum Gasteiger partial charge on any atom is 0.308 e. The lowest BCUT2D eigenvalue weighted by Gasteiger charge is -2.30. The number of carbonyl (C=O) groups is 4. The van der Waals surface area contributed by atoms with Crippen LogP contribution in [-0.2, 0) is 26.2 Å². The highest BCUT2D eigenvalue weighted by atomic mass is 16.7. The molecule has 1 aromatic heterocycles. The Bertz CT molecular complexity index is 1380. The van der Waals surface area contributed by atoms with Crippen molar-refractivity contribution in [3.05, 3.63) is 42.2 Å². The molecule has 2 fully saturated rings. The number of imide groups is 1. The molecule has 2 saturated heterocycles. The number of likely N-dealkylation sites (tertiary alicyclic amines) is 2. The summed E-state index contributed by atoms with van der Waals surface area (Å²) in [6, 6.07) is 6.71. The molecule has 3 aliphatic heterocycles. The second-order valence-electron chi connectivity index (χ2n) is 11.3. The van der Waals surface area contributed by atoms with Crippen LogP contribution < -0.4 is 23.7 Å². The van der Waals surface area contributed by atoms with E-state index in [1.165, 1.54) is 12.0 Å². The fourth-order valence-electron chi connectivity index (χ4n) is 6.39. The maximum absolute atomic E-state index is 14.0. The van der Waals surface area contributed by atoms with Crippen molar-refractivity contribution >= 4 is 29.4 Å². The van der Waals surface area contributed by atoms with Crippen LogP contribution in [-0.4, -0.2) is 84.7 Å². The molecule has 0 saturated carbocycles. The van der Waals surface area contributed by atoms with Crippen LogP contribution in [0.4, 0.5) is 5.69 Å². The van der Waals surface area contributed by atoms with Crippen molar-refractivity contribution < 1.29 is 43.1 Å². The highest BCUT2D eigenvalue weighted by Gasteiger charge is 2.48. The highest BCUT2D eigenvalue weighted by molar-refractivity contribution is 6.01. The number of aryl methyl sites for hydroxylation is 1. The van der Waals surface area contributed by atoms with E-state index in [0.29, 0.717) is 29.4 Å². The molecule has 3 amide bonds. The van der Waals surface area contributed by atoms with Crippen LogP contribution in [0.2, 0.25) is 0 Å². The third kappa shape index (κ3) is 6.29. The van der Waals surface area contributed by atoms with Gasteiger partial charge in [-0.2, -0.15) is 0 Å². The van der Waals surface area contributed by atoms with Crippen LogP contribution in [0.1, 0.15) is 50.5 Å². The van der Waals surface area contributed by atoms with E-state index in [-0.39, 0.29) is 63.4 Å². The third-order valence-electron chi connectivity index (χ3n) is 8.56. The summed E-state index contributed by atoms with van der Waals surface area (Å²) in [5.74, 6) is -1.71. The number of aliphatic carboxylic acids is 1. The molecule has 12 nitrogen and oxygen atoms in total. The normalized spacial score (nSPS) is 21.5. The first-order chi connectivity index (χ1) is 20.7. The number of carboxylic acid groups (broad SMARTS) is 1. The topological polar surface area (TPSA) is 130 Å². The van der Waals surface area contributed by atoms with E-state index >= 15 is 0 Å². The fraction of sp³-hybridized carbons (Fsp3) is 0.516. The first kappa shape index (κ1) is 30.3. The SMILES string of the molecule is CCCCN(C(=O)CN1C[C@H](c2cc(OC)c3c(c2)OCO3)[C@@H](C(=O)O)[C@@H]1CCN1C(=O)CCC1=O)c1ccc[n+](C)c1. The van der Waals surface area contributed by atoms with Gasteiger partial charge in [0.1, 0.15) is 12.7 Å². The number of anilines is 1. The van der Waals surface area contributed by atoms with Gasteiger partial charge < -0.3 is 24.2 Å². The van der Waals surface area contributed by atoms with E-state index in [1.807, 2.05) is 41.0 Å². The molecule has 0 bridgehead atoms. The monoisotopic (exact) mass is 595 g/mol. The molecule has 3 aliphatic rings. The standard InChI is InChI=1S/C31H38N4O8/c1-4-5-12-34(21-7-6-11-32(2)16-21)28(38)18-33-17-22(20-14-24(41-3)30-25(15-20)42-19-43-30)29(31(39)40)23(33)10-13-35-26(36)8-9-27(35)37/h6-7,11,14-16,22-23,29H,4-5,8-10,12-13,17-19H2,1-3H3/p+1/t22-,23+,29-/m1/s1. The highest BCUT2D eigenvalue weighted by Crippen LogP contribution is 2.47. The Morgan fingerprint density at radius 1 is 1.19 bits per heavy atom. The van der Waals surface area contributed by atoms with Gasteiger partial charge in [0, 0.05) is 50.5 Å². The molecule has 3 atom stereocenters. The first-order valence-corrected chi connectivity index (χ1v) is 14.7. The number of fused-ring (bicyclic) bond motifs is 1. The summed E-state index contributed by atoms with van der Waals surface area (Å²) >= 11 is 0. The summed E-state index contributed by atoms with van der Waals surface area (Å²) in [6.45, 7) is 2.99. The minimum absolute atomic E-state index is 0.0170. The molecule has 2 aromatic rings. The van der Waals surface area contributed by atoms with E-state index < -0.39 is 23.8 Å². The van der Waals surface area contributed by atoms with Gasteiger partial charge >= 0.3 is 5.97 Å². The Hall–Kier alpha value is -4.19. The molecule has 0 radical (unpaired) electrons. The van der Waals surface area contributed by atoms with E-state index in [1.54, 1.807) is 17.0 Å². The van der Waals surface area contributed by atoms with E-state index in [0.717, 1.165) is 18.5 Å². The van der Waals surface area contributed by atoms with Gasteiger partial charge in [-0.25, -0.2) is 4.57 Å². The van der Waals surface area contributed by atoms with Crippen LogP contribution in [0.5, 0.6) is 17.2 Å². The van der Waals surface area contributed by atoms with Crippen molar-refractivity contribution in [2.75, 3.05) is 45.0 Å². The number of amides is 3. The molecule has 0 aliphatic carbocycles. The smallest absolute Gasteiger partial charge is 0.308 e. The zero-order chi connectivity index (χ0) is 30.7. The Morgan fingerprint density at radius 3 is 2.63 bits per heavy atom. The molecule has 230 valence electrons. The van der Waals surface area contributed by atoms with E-state index in [4.69, 9.17) is 14.2 Å². The minimum Gasteiger partial charge on any atom is -0.493 e. The summed E-state index contributed by atoms with van der Waals surface area (Å²) in [7, 11) is 3.40. The maximum atomic E-state index is 14.0. The molecule has 43 heavy (non-hydrogen) atoms. The van der Waals surface area contributed by atoms with Crippen LogP contribution in [0.3, 0.4) is 0 Å². The number of carboxylic acids is 1. The lowest BCUT2D eigenvalue weighted by atomic mass is 9.84. The van der Waals surface area contributed by atoms with Crippen molar-refractivity contribution in [2.45, 2.75) is 51.0 Å². The quantitative estimate of drug-likeness (QED) is 0.290. The Balaban J connectivity index is 1.47. The number of unbranched alkanes of at least 4 members (excludes halogenated alkanes) is 1. The summed E-state index contributed by atoms with van der Waals surface area (Å²) < 4.78 is 18.6. The number of hydrogen-bond donors (Lipinski definition) is 1. The van der Waals surface area contributed by atoms with Crippen LogP contribution in [0.15, 0.2) is 36.7 Å². The Labute approximate surface area is 250 Å². The van der Waals surface area contributed by atoms with Crippen molar-refractivity contribution in [3.8, 4) is 17.2 Å². The van der Waals surface area contributed by atoms with Crippen LogP contribution >= 0.6 is 0 Å². The van der Waals surface area contributed by atoms with Gasteiger partial charge in [-0.05, 0) is 36.6 Å². The predicted molar refractivity (Wildman–Crippen MR) is 154 cm³/mol. The van der Waals surface area contributed by atoms with Gasteiger partial charge in [0.2, 0.25) is 30.3 Å². The van der Waals surface area contributed by atoms with Crippen molar-refractivity contribution in [3.63, 3.8) is 0 Å². The summed E-state index contributed by atoms with van der Waals surface area (Å²) in [5.41, 5.74) is 1.46. The van der Waals surface area contributed by atoms with Gasteiger partial charge in [0.15, 0.2) is 23.9 Å². The minimum atomic E-state index is -1.02. The molecule has 0 spiro atoms. The molecular weight excluding hydrogens is 556 g/mol. The Morgan fingerprint density at radius 2 is 1.95 bits per heavy atom.